The molecule has 4 nitrogen and oxygen atoms in total. The molecule has 2 amide bonds. The number of carbonyl (C=O) groups is 2. The SMILES string of the molecule is O=C(CC1CC1)N1CCC2(CC(=O)N(c3ccsc3)C2)C1. The summed E-state index contributed by atoms with van der Waals surface area (Å²) >= 11 is 1.62. The zero-order chi connectivity index (χ0) is 14.4. The van der Waals surface area contributed by atoms with E-state index in [1.165, 1.54) is 12.8 Å². The first-order valence-electron chi connectivity index (χ1n) is 7.76. The highest BCUT2D eigenvalue weighted by atomic mass is 32.1. The Morgan fingerprint density at radius 3 is 2.95 bits per heavy atom. The number of rotatable bonds is 3. The van der Waals surface area contributed by atoms with Gasteiger partial charge in [-0.1, -0.05) is 0 Å². The molecule has 2 aliphatic heterocycles. The highest BCUT2D eigenvalue weighted by Crippen LogP contribution is 2.43. The molecule has 1 spiro atoms. The van der Waals surface area contributed by atoms with E-state index in [-0.39, 0.29) is 11.3 Å². The van der Waals surface area contributed by atoms with Crippen LogP contribution >= 0.6 is 11.3 Å². The van der Waals surface area contributed by atoms with Gasteiger partial charge in [0, 0.05) is 43.3 Å². The fourth-order valence-corrected chi connectivity index (χ4v) is 4.30. The number of nitrogens with zero attached hydrogens (tertiary/aromatic N) is 2. The first kappa shape index (κ1) is 13.3. The van der Waals surface area contributed by atoms with Gasteiger partial charge in [-0.25, -0.2) is 0 Å². The van der Waals surface area contributed by atoms with E-state index in [2.05, 4.69) is 0 Å². The number of anilines is 1. The molecule has 1 aromatic heterocycles. The van der Waals surface area contributed by atoms with Gasteiger partial charge < -0.3 is 9.80 Å². The van der Waals surface area contributed by atoms with Gasteiger partial charge in [0.1, 0.15) is 0 Å². The molecule has 0 N–H and O–H groups in total. The van der Waals surface area contributed by atoms with Gasteiger partial charge in [-0.3, -0.25) is 9.59 Å². The monoisotopic (exact) mass is 304 g/mol. The van der Waals surface area contributed by atoms with Gasteiger partial charge in [-0.15, -0.1) is 0 Å². The van der Waals surface area contributed by atoms with Crippen LogP contribution in [0.4, 0.5) is 5.69 Å². The molecular weight excluding hydrogens is 284 g/mol. The molecule has 1 aliphatic carbocycles. The third kappa shape index (κ3) is 2.48. The maximum atomic E-state index is 12.3. The van der Waals surface area contributed by atoms with Crippen molar-refractivity contribution in [3.63, 3.8) is 0 Å². The van der Waals surface area contributed by atoms with E-state index >= 15 is 0 Å². The summed E-state index contributed by atoms with van der Waals surface area (Å²) in [5.74, 6) is 1.15. The van der Waals surface area contributed by atoms with Crippen LogP contribution in [0.3, 0.4) is 0 Å². The van der Waals surface area contributed by atoms with Crippen molar-refractivity contribution in [1.29, 1.82) is 0 Å². The molecule has 1 saturated carbocycles. The summed E-state index contributed by atoms with van der Waals surface area (Å²) < 4.78 is 0. The number of thiophene rings is 1. The minimum Gasteiger partial charge on any atom is -0.342 e. The van der Waals surface area contributed by atoms with E-state index < -0.39 is 0 Å². The van der Waals surface area contributed by atoms with Crippen molar-refractivity contribution in [3.05, 3.63) is 16.8 Å². The first-order chi connectivity index (χ1) is 10.2. The smallest absolute Gasteiger partial charge is 0.227 e. The summed E-state index contributed by atoms with van der Waals surface area (Å²) in [6, 6.07) is 2.01. The molecule has 1 aromatic rings. The number of likely N-dealkylation sites (tertiary alicyclic amines) is 1. The quantitative estimate of drug-likeness (QED) is 0.861. The lowest BCUT2D eigenvalue weighted by atomic mass is 9.86. The minimum atomic E-state index is -0.00176. The molecular formula is C16H20N2O2S. The van der Waals surface area contributed by atoms with Crippen LogP contribution in [0.5, 0.6) is 0 Å². The fraction of sp³-hybridized carbons (Fsp3) is 0.625. The van der Waals surface area contributed by atoms with E-state index in [1.807, 2.05) is 26.6 Å². The highest BCUT2D eigenvalue weighted by molar-refractivity contribution is 7.08. The number of hydrogen-bond acceptors (Lipinski definition) is 3. The molecule has 1 unspecified atom stereocenters. The zero-order valence-electron chi connectivity index (χ0n) is 12.1. The normalized spacial score (nSPS) is 28.9. The third-order valence-electron chi connectivity index (χ3n) is 5.09. The Kier molecular flexibility index (Phi) is 3.06. The second-order valence-corrected chi connectivity index (χ2v) is 7.63. The van der Waals surface area contributed by atoms with E-state index in [0.717, 1.165) is 38.2 Å². The molecule has 112 valence electrons. The van der Waals surface area contributed by atoms with Crippen LogP contribution in [0.2, 0.25) is 0 Å². The van der Waals surface area contributed by atoms with Gasteiger partial charge in [-0.05, 0) is 36.6 Å². The Morgan fingerprint density at radius 1 is 1.38 bits per heavy atom. The van der Waals surface area contributed by atoms with Gasteiger partial charge in [0.05, 0.1) is 5.69 Å². The second kappa shape index (κ2) is 4.83. The summed E-state index contributed by atoms with van der Waals surface area (Å²) in [4.78, 5) is 28.5. The average Bonchev–Trinajstić information content (AvgIpc) is 2.92. The van der Waals surface area contributed by atoms with E-state index in [1.54, 1.807) is 11.3 Å². The van der Waals surface area contributed by atoms with Crippen LogP contribution in [0.1, 0.15) is 32.1 Å². The molecule has 5 heteroatoms. The van der Waals surface area contributed by atoms with Crippen LogP contribution < -0.4 is 4.90 Å². The summed E-state index contributed by atoms with van der Waals surface area (Å²) in [7, 11) is 0. The zero-order valence-corrected chi connectivity index (χ0v) is 12.9. The van der Waals surface area contributed by atoms with Gasteiger partial charge in [-0.2, -0.15) is 11.3 Å². The van der Waals surface area contributed by atoms with Gasteiger partial charge in [0.25, 0.3) is 0 Å². The maximum Gasteiger partial charge on any atom is 0.227 e. The third-order valence-corrected chi connectivity index (χ3v) is 5.76. The van der Waals surface area contributed by atoms with Crippen LogP contribution in [0.15, 0.2) is 16.8 Å². The van der Waals surface area contributed by atoms with Crippen molar-refractivity contribution in [2.75, 3.05) is 24.5 Å². The van der Waals surface area contributed by atoms with Crippen LogP contribution in [0, 0.1) is 11.3 Å². The first-order valence-corrected chi connectivity index (χ1v) is 8.70. The molecule has 3 heterocycles. The number of carbonyl (C=O) groups excluding carboxylic acids is 2. The molecule has 21 heavy (non-hydrogen) atoms. The van der Waals surface area contributed by atoms with Crippen LogP contribution in [-0.2, 0) is 9.59 Å². The lowest BCUT2D eigenvalue weighted by Gasteiger charge is -2.24. The Labute approximate surface area is 128 Å². The van der Waals surface area contributed by atoms with Crippen molar-refractivity contribution < 1.29 is 9.59 Å². The van der Waals surface area contributed by atoms with Crippen LogP contribution in [-0.4, -0.2) is 36.3 Å². The van der Waals surface area contributed by atoms with Crippen molar-refractivity contribution >= 4 is 28.8 Å². The Hall–Kier alpha value is -1.36. The molecule has 0 aromatic carbocycles. The van der Waals surface area contributed by atoms with E-state index in [4.69, 9.17) is 0 Å². The van der Waals surface area contributed by atoms with Crippen molar-refractivity contribution in [1.82, 2.24) is 4.90 Å². The summed E-state index contributed by atoms with van der Waals surface area (Å²) in [6.07, 6.45) is 4.72. The molecule has 0 bridgehead atoms. The molecule has 4 rings (SSSR count). The molecule has 3 fully saturated rings. The Bertz CT molecular complexity index is 567. The molecule has 1 atom stereocenters. The molecule has 3 aliphatic rings. The summed E-state index contributed by atoms with van der Waals surface area (Å²) in [5, 5.41) is 4.04. The van der Waals surface area contributed by atoms with Crippen molar-refractivity contribution in [2.45, 2.75) is 32.1 Å². The molecule has 2 saturated heterocycles. The summed E-state index contributed by atoms with van der Waals surface area (Å²) in [5.41, 5.74) is 1.02. The highest BCUT2D eigenvalue weighted by Gasteiger charge is 2.49. The van der Waals surface area contributed by atoms with Crippen molar-refractivity contribution in [3.8, 4) is 0 Å². The Morgan fingerprint density at radius 2 is 2.24 bits per heavy atom. The van der Waals surface area contributed by atoms with Crippen LogP contribution in [0.25, 0.3) is 0 Å². The van der Waals surface area contributed by atoms with E-state index in [0.29, 0.717) is 18.2 Å². The summed E-state index contributed by atoms with van der Waals surface area (Å²) in [6.45, 7) is 2.37. The average molecular weight is 304 g/mol. The fourth-order valence-electron chi connectivity index (χ4n) is 3.66. The topological polar surface area (TPSA) is 40.6 Å². The van der Waals surface area contributed by atoms with Gasteiger partial charge >= 0.3 is 0 Å². The Balaban J connectivity index is 1.44. The van der Waals surface area contributed by atoms with Gasteiger partial charge in [0.2, 0.25) is 11.8 Å². The van der Waals surface area contributed by atoms with Crippen molar-refractivity contribution in [2.24, 2.45) is 11.3 Å². The predicted molar refractivity (Wildman–Crippen MR) is 82.3 cm³/mol. The number of hydrogen-bond donors (Lipinski definition) is 0. The number of amides is 2. The standard InChI is InChI=1S/C16H20N2O2S/c19-14(7-12-1-2-12)17-5-4-16(10-17)8-15(20)18(11-16)13-3-6-21-9-13/h3,6,9,12H,1-2,4-5,7-8,10-11H2. The maximum absolute atomic E-state index is 12.3. The van der Waals surface area contributed by atoms with Gasteiger partial charge in [0.15, 0.2) is 0 Å². The second-order valence-electron chi connectivity index (χ2n) is 6.85. The minimum absolute atomic E-state index is 0.00176. The molecule has 0 radical (unpaired) electrons. The lowest BCUT2D eigenvalue weighted by molar-refractivity contribution is -0.131. The lowest BCUT2D eigenvalue weighted by Crippen LogP contribution is -2.34. The largest absolute Gasteiger partial charge is 0.342 e. The predicted octanol–water partition coefficient (Wildman–Crippen LogP) is 2.50. The van der Waals surface area contributed by atoms with E-state index in [9.17, 15) is 9.59 Å².